The minimum Gasteiger partial charge on any atom is -0.399 e. The van der Waals surface area contributed by atoms with Crippen LogP contribution in [-0.4, -0.2) is 25.3 Å². The summed E-state index contributed by atoms with van der Waals surface area (Å²) >= 11 is 0. The molecule has 0 amide bonds. The molecule has 20 heavy (non-hydrogen) atoms. The van der Waals surface area contributed by atoms with Gasteiger partial charge in [0, 0.05) is 18.3 Å². The lowest BCUT2D eigenvalue weighted by atomic mass is 10.1. The Bertz CT molecular complexity index is 634. The highest BCUT2D eigenvalue weighted by Crippen LogP contribution is 2.27. The van der Waals surface area contributed by atoms with E-state index in [0.717, 1.165) is 25.7 Å². The Morgan fingerprint density at radius 1 is 1.35 bits per heavy atom. The number of anilines is 1. The molecule has 108 valence electrons. The zero-order valence-corrected chi connectivity index (χ0v) is 12.4. The van der Waals surface area contributed by atoms with Gasteiger partial charge in [0.25, 0.3) is 0 Å². The van der Waals surface area contributed by atoms with Crippen LogP contribution in [0.2, 0.25) is 0 Å². The number of hydrogen-bond donors (Lipinski definition) is 1. The summed E-state index contributed by atoms with van der Waals surface area (Å²) in [5.74, 6) is 0. The number of rotatable bonds is 2. The van der Waals surface area contributed by atoms with Crippen LogP contribution in [0.25, 0.3) is 0 Å². The maximum atomic E-state index is 12.8. The van der Waals surface area contributed by atoms with Gasteiger partial charge in [0.15, 0.2) is 0 Å². The molecule has 0 aromatic heterocycles. The number of sulfonamides is 1. The van der Waals surface area contributed by atoms with E-state index >= 15 is 0 Å². The molecule has 1 aliphatic heterocycles. The van der Waals surface area contributed by atoms with Gasteiger partial charge in [-0.1, -0.05) is 12.8 Å². The molecule has 1 aromatic rings. The van der Waals surface area contributed by atoms with Gasteiger partial charge in [-0.25, -0.2) is 8.42 Å². The Labute approximate surface area is 120 Å². The third-order valence-electron chi connectivity index (χ3n) is 3.70. The molecule has 0 saturated carbocycles. The van der Waals surface area contributed by atoms with Gasteiger partial charge >= 0.3 is 0 Å². The van der Waals surface area contributed by atoms with Crippen LogP contribution in [0, 0.1) is 11.3 Å². The van der Waals surface area contributed by atoms with Crippen molar-refractivity contribution < 1.29 is 8.42 Å². The highest BCUT2D eigenvalue weighted by Gasteiger charge is 2.31. The van der Waals surface area contributed by atoms with Crippen molar-refractivity contribution in [3.05, 3.63) is 23.8 Å². The van der Waals surface area contributed by atoms with E-state index in [4.69, 9.17) is 11.0 Å². The van der Waals surface area contributed by atoms with Crippen molar-refractivity contribution in [1.82, 2.24) is 4.31 Å². The van der Waals surface area contributed by atoms with Crippen molar-refractivity contribution in [2.75, 3.05) is 12.3 Å². The van der Waals surface area contributed by atoms with Crippen LogP contribution in [0.1, 0.15) is 38.2 Å². The molecular weight excluding hydrogens is 274 g/mol. The molecular formula is C14H19N3O2S. The summed E-state index contributed by atoms with van der Waals surface area (Å²) in [6.07, 6.45) is 3.81. The summed E-state index contributed by atoms with van der Waals surface area (Å²) < 4.78 is 27.1. The van der Waals surface area contributed by atoms with Gasteiger partial charge < -0.3 is 5.73 Å². The molecule has 6 heteroatoms. The molecule has 0 spiro atoms. The summed E-state index contributed by atoms with van der Waals surface area (Å²) in [5, 5.41) is 9.14. The lowest BCUT2D eigenvalue weighted by Crippen LogP contribution is -2.38. The molecule has 0 bridgehead atoms. The smallest absolute Gasteiger partial charge is 0.244 e. The molecule has 1 atom stereocenters. The number of hydrogen-bond acceptors (Lipinski definition) is 4. The second-order valence-corrected chi connectivity index (χ2v) is 7.04. The summed E-state index contributed by atoms with van der Waals surface area (Å²) in [6, 6.07) is 6.26. The Kier molecular flexibility index (Phi) is 4.31. The number of nitrogens with zero attached hydrogens (tertiary/aromatic N) is 2. The first kappa shape index (κ1) is 14.8. The minimum absolute atomic E-state index is 0.0356. The number of benzene rings is 1. The second kappa shape index (κ2) is 5.81. The van der Waals surface area contributed by atoms with Crippen molar-refractivity contribution in [3.8, 4) is 6.07 Å². The molecule has 1 saturated heterocycles. The Morgan fingerprint density at radius 2 is 2.10 bits per heavy atom. The summed E-state index contributed by atoms with van der Waals surface area (Å²) in [5.41, 5.74) is 6.12. The second-order valence-electron chi connectivity index (χ2n) is 5.18. The summed E-state index contributed by atoms with van der Waals surface area (Å²) in [6.45, 7) is 2.44. The first-order valence-electron chi connectivity index (χ1n) is 6.78. The Balaban J connectivity index is 2.47. The predicted molar refractivity (Wildman–Crippen MR) is 77.4 cm³/mol. The van der Waals surface area contributed by atoms with Gasteiger partial charge in [-0.15, -0.1) is 0 Å². The van der Waals surface area contributed by atoms with Crippen LogP contribution in [0.3, 0.4) is 0 Å². The maximum Gasteiger partial charge on any atom is 0.244 e. The average Bonchev–Trinajstić information content (AvgIpc) is 2.63. The van der Waals surface area contributed by atoms with Gasteiger partial charge in [0.2, 0.25) is 10.0 Å². The average molecular weight is 293 g/mol. The van der Waals surface area contributed by atoms with E-state index in [9.17, 15) is 8.42 Å². The monoisotopic (exact) mass is 293 g/mol. The number of nitrogens with two attached hydrogens (primary N) is 1. The van der Waals surface area contributed by atoms with Gasteiger partial charge in [-0.2, -0.15) is 9.57 Å². The topological polar surface area (TPSA) is 87.2 Å². The first-order chi connectivity index (χ1) is 9.46. The zero-order valence-electron chi connectivity index (χ0n) is 11.5. The molecule has 1 heterocycles. The Hall–Kier alpha value is -1.58. The summed E-state index contributed by atoms with van der Waals surface area (Å²) in [4.78, 5) is 0.0583. The zero-order chi connectivity index (χ0) is 14.8. The van der Waals surface area contributed by atoms with E-state index in [-0.39, 0.29) is 16.5 Å². The van der Waals surface area contributed by atoms with Crippen molar-refractivity contribution in [3.63, 3.8) is 0 Å². The fourth-order valence-electron chi connectivity index (χ4n) is 2.59. The number of nitrogen functional groups attached to an aromatic ring is 1. The lowest BCUT2D eigenvalue weighted by Gasteiger charge is -2.26. The third-order valence-corrected chi connectivity index (χ3v) is 5.77. The highest BCUT2D eigenvalue weighted by molar-refractivity contribution is 7.89. The van der Waals surface area contributed by atoms with Crippen LogP contribution < -0.4 is 5.73 Å². The largest absolute Gasteiger partial charge is 0.399 e. The minimum atomic E-state index is -3.64. The van der Waals surface area contributed by atoms with Crippen LogP contribution in [0.5, 0.6) is 0 Å². The fourth-order valence-corrected chi connectivity index (χ4v) is 4.42. The number of nitriles is 1. The van der Waals surface area contributed by atoms with E-state index in [1.807, 2.05) is 13.0 Å². The van der Waals surface area contributed by atoms with Crippen LogP contribution in [0.15, 0.2) is 23.1 Å². The molecule has 1 unspecified atom stereocenters. The maximum absolute atomic E-state index is 12.8. The van der Waals surface area contributed by atoms with E-state index in [1.165, 1.54) is 22.5 Å². The SMILES string of the molecule is CC1CCCCCN1S(=O)(=O)c1ccc(N)cc1C#N. The van der Waals surface area contributed by atoms with Crippen molar-refractivity contribution >= 4 is 15.7 Å². The predicted octanol–water partition coefficient (Wildman–Crippen LogP) is 2.09. The molecule has 0 radical (unpaired) electrons. The third kappa shape index (κ3) is 2.79. The standard InChI is InChI=1S/C14H19N3O2S/c1-11-5-3-2-4-8-17(11)20(18,19)14-7-6-13(16)9-12(14)10-15/h6-7,9,11H,2-5,8,16H2,1H3. The van der Waals surface area contributed by atoms with Crippen molar-refractivity contribution in [1.29, 1.82) is 5.26 Å². The van der Waals surface area contributed by atoms with E-state index in [0.29, 0.717) is 12.2 Å². The van der Waals surface area contributed by atoms with Crippen LogP contribution in [-0.2, 0) is 10.0 Å². The van der Waals surface area contributed by atoms with E-state index in [2.05, 4.69) is 0 Å². The molecule has 2 rings (SSSR count). The molecule has 0 aliphatic carbocycles. The van der Waals surface area contributed by atoms with Crippen molar-refractivity contribution in [2.45, 2.75) is 43.5 Å². The lowest BCUT2D eigenvalue weighted by molar-refractivity contribution is 0.342. The quantitative estimate of drug-likeness (QED) is 0.846. The molecule has 5 nitrogen and oxygen atoms in total. The highest BCUT2D eigenvalue weighted by atomic mass is 32.2. The van der Waals surface area contributed by atoms with Crippen LogP contribution in [0.4, 0.5) is 5.69 Å². The molecule has 1 aliphatic rings. The van der Waals surface area contributed by atoms with E-state index < -0.39 is 10.0 Å². The fraction of sp³-hybridized carbons (Fsp3) is 0.500. The van der Waals surface area contributed by atoms with Gasteiger partial charge in [0.05, 0.1) is 5.56 Å². The van der Waals surface area contributed by atoms with E-state index in [1.54, 1.807) is 0 Å². The Morgan fingerprint density at radius 3 is 2.80 bits per heavy atom. The summed E-state index contributed by atoms with van der Waals surface area (Å²) in [7, 11) is -3.64. The molecule has 1 fully saturated rings. The van der Waals surface area contributed by atoms with Crippen molar-refractivity contribution in [2.24, 2.45) is 0 Å². The normalized spacial score (nSPS) is 21.1. The molecule has 2 N–H and O–H groups in total. The first-order valence-corrected chi connectivity index (χ1v) is 8.22. The van der Waals surface area contributed by atoms with Gasteiger partial charge in [0.1, 0.15) is 11.0 Å². The molecule has 1 aromatic carbocycles. The van der Waals surface area contributed by atoms with Gasteiger partial charge in [-0.3, -0.25) is 0 Å². The van der Waals surface area contributed by atoms with Gasteiger partial charge in [-0.05, 0) is 38.0 Å². The van der Waals surface area contributed by atoms with Crippen LogP contribution >= 0.6 is 0 Å².